The highest BCUT2D eigenvalue weighted by Crippen LogP contribution is 2.13. The Kier molecular flexibility index (Phi) is 5.98. The summed E-state index contributed by atoms with van der Waals surface area (Å²) < 4.78 is 10.6. The van der Waals surface area contributed by atoms with Gasteiger partial charge in [-0.05, 0) is 31.0 Å². The molecular weight excluding hydrogens is 228 g/mol. The lowest BCUT2D eigenvalue weighted by molar-refractivity contribution is -0.140. The second-order valence-corrected chi connectivity index (χ2v) is 4.20. The average Bonchev–Trinajstić information content (AvgIpc) is 2.37. The molecule has 0 saturated carbocycles. The predicted octanol–water partition coefficient (Wildman–Crippen LogP) is 3.48. The molecule has 0 amide bonds. The third-order valence-electron chi connectivity index (χ3n) is 2.41. The van der Waals surface area contributed by atoms with Crippen LogP contribution in [0.1, 0.15) is 32.3 Å². The van der Waals surface area contributed by atoms with E-state index in [1.807, 2.05) is 24.3 Å². The zero-order chi connectivity index (χ0) is 13.4. The maximum Gasteiger partial charge on any atom is 0.333 e. The third-order valence-corrected chi connectivity index (χ3v) is 2.41. The molecule has 0 spiro atoms. The van der Waals surface area contributed by atoms with Crippen molar-refractivity contribution in [2.45, 2.75) is 33.3 Å². The van der Waals surface area contributed by atoms with Crippen molar-refractivity contribution in [1.29, 1.82) is 0 Å². The lowest BCUT2D eigenvalue weighted by Gasteiger charge is -2.07. The highest BCUT2D eigenvalue weighted by Gasteiger charge is 2.03. The van der Waals surface area contributed by atoms with E-state index in [2.05, 4.69) is 13.5 Å². The van der Waals surface area contributed by atoms with E-state index in [1.54, 1.807) is 6.92 Å². The summed E-state index contributed by atoms with van der Waals surface area (Å²) in [5.41, 5.74) is 1.35. The second-order valence-electron chi connectivity index (χ2n) is 4.20. The molecule has 0 aliphatic carbocycles. The maximum atomic E-state index is 11.2. The number of unbranched alkanes of at least 4 members (excludes halogenated alkanes) is 1. The van der Waals surface area contributed by atoms with E-state index in [-0.39, 0.29) is 12.6 Å². The van der Waals surface area contributed by atoms with Gasteiger partial charge in [0.2, 0.25) is 0 Å². The molecule has 1 rings (SSSR count). The summed E-state index contributed by atoms with van der Waals surface area (Å²) in [6.07, 6.45) is 2.17. The van der Waals surface area contributed by atoms with Gasteiger partial charge in [0.25, 0.3) is 0 Å². The molecule has 0 fully saturated rings. The number of hydrogen-bond acceptors (Lipinski definition) is 3. The molecule has 0 aromatic heterocycles. The first-order chi connectivity index (χ1) is 8.63. The van der Waals surface area contributed by atoms with E-state index in [4.69, 9.17) is 9.47 Å². The average molecular weight is 248 g/mol. The first-order valence-electron chi connectivity index (χ1n) is 6.18. The Bertz CT molecular complexity index is 393. The molecule has 0 bridgehead atoms. The molecular formula is C15H20O3. The van der Waals surface area contributed by atoms with Gasteiger partial charge in [0, 0.05) is 5.57 Å². The van der Waals surface area contributed by atoms with Gasteiger partial charge in [-0.25, -0.2) is 4.79 Å². The van der Waals surface area contributed by atoms with Crippen molar-refractivity contribution < 1.29 is 14.3 Å². The molecule has 98 valence electrons. The minimum Gasteiger partial charge on any atom is -0.494 e. The van der Waals surface area contributed by atoms with Gasteiger partial charge in [-0.2, -0.15) is 0 Å². The molecule has 0 atom stereocenters. The van der Waals surface area contributed by atoms with Gasteiger partial charge in [-0.15, -0.1) is 0 Å². The molecule has 0 saturated heterocycles. The van der Waals surface area contributed by atoms with Gasteiger partial charge in [0.15, 0.2) is 0 Å². The molecule has 18 heavy (non-hydrogen) atoms. The summed E-state index contributed by atoms with van der Waals surface area (Å²) in [6, 6.07) is 7.57. The lowest BCUT2D eigenvalue weighted by Crippen LogP contribution is -2.04. The Morgan fingerprint density at radius 3 is 2.50 bits per heavy atom. The largest absolute Gasteiger partial charge is 0.494 e. The minimum absolute atomic E-state index is 0.265. The summed E-state index contributed by atoms with van der Waals surface area (Å²) in [7, 11) is 0. The molecule has 0 N–H and O–H groups in total. The molecule has 3 heteroatoms. The van der Waals surface area contributed by atoms with Crippen LogP contribution in [0.15, 0.2) is 36.4 Å². The fraction of sp³-hybridized carbons (Fsp3) is 0.400. The first-order valence-corrected chi connectivity index (χ1v) is 6.18. The standard InChI is InChI=1S/C15H20O3/c1-4-5-10-17-14-8-6-13(7-9-14)11-18-15(16)12(2)3/h6-9H,2,4-5,10-11H2,1,3H3. The van der Waals surface area contributed by atoms with E-state index in [1.165, 1.54) is 0 Å². The quantitative estimate of drug-likeness (QED) is 0.421. The zero-order valence-corrected chi connectivity index (χ0v) is 11.1. The van der Waals surface area contributed by atoms with E-state index in [9.17, 15) is 4.79 Å². The van der Waals surface area contributed by atoms with Gasteiger partial charge >= 0.3 is 5.97 Å². The highest BCUT2D eigenvalue weighted by atomic mass is 16.5. The number of ether oxygens (including phenoxy) is 2. The van der Waals surface area contributed by atoms with Crippen molar-refractivity contribution in [2.75, 3.05) is 6.61 Å². The lowest BCUT2D eigenvalue weighted by atomic mass is 10.2. The molecule has 0 aliphatic heterocycles. The van der Waals surface area contributed by atoms with Crippen molar-refractivity contribution >= 4 is 5.97 Å². The fourth-order valence-electron chi connectivity index (χ4n) is 1.29. The molecule has 0 radical (unpaired) electrons. The molecule has 1 aromatic carbocycles. The number of rotatable bonds is 7. The van der Waals surface area contributed by atoms with Crippen LogP contribution in [0.5, 0.6) is 5.75 Å². The van der Waals surface area contributed by atoms with Crippen molar-refractivity contribution in [3.05, 3.63) is 42.0 Å². The smallest absolute Gasteiger partial charge is 0.333 e. The third kappa shape index (κ3) is 5.04. The van der Waals surface area contributed by atoms with Crippen LogP contribution in [-0.2, 0) is 16.1 Å². The van der Waals surface area contributed by atoms with Gasteiger partial charge in [-0.1, -0.05) is 32.1 Å². The van der Waals surface area contributed by atoms with Crippen molar-refractivity contribution in [2.24, 2.45) is 0 Å². The number of hydrogen-bond donors (Lipinski definition) is 0. The Labute approximate surface area is 108 Å². The summed E-state index contributed by atoms with van der Waals surface area (Å²) in [4.78, 5) is 11.2. The number of carbonyl (C=O) groups is 1. The summed E-state index contributed by atoms with van der Waals surface area (Å²) in [5, 5.41) is 0. The molecule has 0 aliphatic rings. The van der Waals surface area contributed by atoms with Gasteiger partial charge in [0.05, 0.1) is 6.61 Å². The number of benzene rings is 1. The monoisotopic (exact) mass is 248 g/mol. The van der Waals surface area contributed by atoms with Gasteiger partial charge in [-0.3, -0.25) is 0 Å². The molecule has 0 unspecified atom stereocenters. The Morgan fingerprint density at radius 1 is 1.28 bits per heavy atom. The van der Waals surface area contributed by atoms with Crippen LogP contribution < -0.4 is 4.74 Å². The topological polar surface area (TPSA) is 35.5 Å². The minimum atomic E-state index is -0.363. The number of carbonyl (C=O) groups excluding carboxylic acids is 1. The zero-order valence-electron chi connectivity index (χ0n) is 11.1. The van der Waals surface area contributed by atoms with Crippen LogP contribution >= 0.6 is 0 Å². The SMILES string of the molecule is C=C(C)C(=O)OCc1ccc(OCCCC)cc1. The van der Waals surface area contributed by atoms with E-state index in [0.29, 0.717) is 5.57 Å². The molecule has 1 aromatic rings. The summed E-state index contributed by atoms with van der Waals surface area (Å²) >= 11 is 0. The van der Waals surface area contributed by atoms with E-state index in [0.717, 1.165) is 30.8 Å². The van der Waals surface area contributed by atoms with Gasteiger partial charge in [0.1, 0.15) is 12.4 Å². The van der Waals surface area contributed by atoms with Crippen LogP contribution in [0, 0.1) is 0 Å². The maximum absolute atomic E-state index is 11.2. The summed E-state index contributed by atoms with van der Waals surface area (Å²) in [6.45, 7) is 8.29. The van der Waals surface area contributed by atoms with E-state index >= 15 is 0 Å². The van der Waals surface area contributed by atoms with E-state index < -0.39 is 0 Å². The Hall–Kier alpha value is -1.77. The van der Waals surface area contributed by atoms with Crippen LogP contribution in [0.2, 0.25) is 0 Å². The fourth-order valence-corrected chi connectivity index (χ4v) is 1.29. The van der Waals surface area contributed by atoms with Crippen LogP contribution in [0.4, 0.5) is 0 Å². The van der Waals surface area contributed by atoms with Crippen molar-refractivity contribution in [3.8, 4) is 5.75 Å². The van der Waals surface area contributed by atoms with Crippen LogP contribution in [-0.4, -0.2) is 12.6 Å². The van der Waals surface area contributed by atoms with Crippen molar-refractivity contribution in [3.63, 3.8) is 0 Å². The van der Waals surface area contributed by atoms with Crippen LogP contribution in [0.3, 0.4) is 0 Å². The predicted molar refractivity (Wildman–Crippen MR) is 71.5 cm³/mol. The Morgan fingerprint density at radius 2 is 1.94 bits per heavy atom. The molecule has 0 heterocycles. The first kappa shape index (κ1) is 14.3. The highest BCUT2D eigenvalue weighted by molar-refractivity contribution is 5.86. The normalized spacial score (nSPS) is 9.89. The van der Waals surface area contributed by atoms with Gasteiger partial charge < -0.3 is 9.47 Å². The Balaban J connectivity index is 2.40. The second kappa shape index (κ2) is 7.54. The number of esters is 1. The van der Waals surface area contributed by atoms with Crippen molar-refractivity contribution in [1.82, 2.24) is 0 Å². The molecule has 3 nitrogen and oxygen atoms in total. The van der Waals surface area contributed by atoms with Crippen LogP contribution in [0.25, 0.3) is 0 Å². The summed E-state index contributed by atoms with van der Waals surface area (Å²) in [5.74, 6) is 0.483.